The lowest BCUT2D eigenvalue weighted by atomic mass is 9.99. The van der Waals surface area contributed by atoms with Crippen molar-refractivity contribution in [1.29, 1.82) is 0 Å². The Kier molecular flexibility index (Phi) is 10.2. The maximum absolute atomic E-state index is 11.6. The molecule has 4 aromatic rings. The van der Waals surface area contributed by atoms with Gasteiger partial charge in [-0.2, -0.15) is 0 Å². The number of ether oxygens (including phenoxy) is 4. The molecule has 5 rings (SSSR count). The average Bonchev–Trinajstić information content (AvgIpc) is 2.99. The first-order valence-electron chi connectivity index (χ1n) is 13.2. The zero-order valence-electron chi connectivity index (χ0n) is 21.8. The quantitative estimate of drug-likeness (QED) is 0.228. The molecule has 1 aliphatic heterocycles. The molecule has 0 unspecified atom stereocenters. The molecule has 39 heavy (non-hydrogen) atoms. The second-order valence-corrected chi connectivity index (χ2v) is 10.7. The summed E-state index contributed by atoms with van der Waals surface area (Å²) in [5.74, 6) is 0. The van der Waals surface area contributed by atoms with Crippen molar-refractivity contribution in [2.75, 3.05) is 6.61 Å². The minimum Gasteiger partial charge on any atom is -0.387 e. The third kappa shape index (κ3) is 8.02. The second-order valence-electron chi connectivity index (χ2n) is 9.49. The summed E-state index contributed by atoms with van der Waals surface area (Å²) in [5, 5.41) is 11.6. The van der Waals surface area contributed by atoms with Crippen LogP contribution < -0.4 is 0 Å². The minimum atomic E-state index is -0.912. The Morgan fingerprint density at radius 3 is 1.59 bits per heavy atom. The highest BCUT2D eigenvalue weighted by Gasteiger charge is 2.47. The van der Waals surface area contributed by atoms with Gasteiger partial charge in [0.05, 0.1) is 26.4 Å². The summed E-state index contributed by atoms with van der Waals surface area (Å²) in [6, 6.07) is 40.0. The Labute approximate surface area is 234 Å². The highest BCUT2D eigenvalue weighted by atomic mass is 32.2. The average molecular weight is 543 g/mol. The van der Waals surface area contributed by atoms with Gasteiger partial charge in [-0.15, -0.1) is 0 Å². The number of thioether (sulfide) groups is 1. The van der Waals surface area contributed by atoms with Crippen LogP contribution in [0.5, 0.6) is 0 Å². The summed E-state index contributed by atoms with van der Waals surface area (Å²) in [5.41, 5.74) is 2.61. The molecule has 1 saturated heterocycles. The maximum Gasteiger partial charge on any atom is 0.136 e. The second kappa shape index (κ2) is 14.4. The molecule has 0 aromatic heterocycles. The Hall–Kier alpha value is -2.97. The van der Waals surface area contributed by atoms with Crippen LogP contribution in [0, 0.1) is 0 Å². The molecule has 0 radical (unpaired) electrons. The summed E-state index contributed by atoms with van der Waals surface area (Å²) in [6.45, 7) is 1.49. The zero-order chi connectivity index (χ0) is 26.7. The molecule has 1 heterocycles. The van der Waals surface area contributed by atoms with Gasteiger partial charge in [0.25, 0.3) is 0 Å². The molecule has 202 valence electrons. The van der Waals surface area contributed by atoms with Crippen LogP contribution in [0.3, 0.4) is 0 Å². The van der Waals surface area contributed by atoms with Crippen molar-refractivity contribution in [3.8, 4) is 0 Å². The molecule has 0 saturated carbocycles. The van der Waals surface area contributed by atoms with E-state index in [0.717, 1.165) is 21.6 Å². The molecular weight excluding hydrogens is 508 g/mol. The largest absolute Gasteiger partial charge is 0.387 e. The van der Waals surface area contributed by atoms with Gasteiger partial charge >= 0.3 is 0 Å². The standard InChI is InChI=1S/C33H34O5S/c34-30-32(37-23-27-17-9-3-10-18-27)31(36-22-26-15-7-2-8-16-26)29(24-35-21-25-13-5-1-6-14-25)38-33(30)39-28-19-11-4-12-20-28/h1-20,29-34H,21-24H2/t29-,30+,31-,32-,33+/m1/s1. The molecule has 5 nitrogen and oxygen atoms in total. The third-order valence-corrected chi connectivity index (χ3v) is 7.74. The zero-order valence-corrected chi connectivity index (χ0v) is 22.6. The molecule has 0 aliphatic carbocycles. The molecule has 1 fully saturated rings. The van der Waals surface area contributed by atoms with Crippen molar-refractivity contribution < 1.29 is 24.1 Å². The first-order chi connectivity index (χ1) is 19.3. The molecule has 4 aromatic carbocycles. The fourth-order valence-electron chi connectivity index (χ4n) is 4.55. The van der Waals surface area contributed by atoms with E-state index >= 15 is 0 Å². The molecule has 0 bridgehead atoms. The van der Waals surface area contributed by atoms with Crippen LogP contribution in [0.2, 0.25) is 0 Å². The van der Waals surface area contributed by atoms with E-state index in [-0.39, 0.29) is 0 Å². The first-order valence-corrected chi connectivity index (χ1v) is 14.1. The van der Waals surface area contributed by atoms with Crippen LogP contribution in [-0.4, -0.2) is 41.6 Å². The van der Waals surface area contributed by atoms with E-state index in [1.165, 1.54) is 11.8 Å². The summed E-state index contributed by atoms with van der Waals surface area (Å²) in [7, 11) is 0. The maximum atomic E-state index is 11.6. The van der Waals surface area contributed by atoms with E-state index in [4.69, 9.17) is 18.9 Å². The highest BCUT2D eigenvalue weighted by Crippen LogP contribution is 2.36. The van der Waals surface area contributed by atoms with E-state index < -0.39 is 29.9 Å². The van der Waals surface area contributed by atoms with Crippen molar-refractivity contribution in [2.45, 2.75) is 54.6 Å². The molecule has 1 N–H and O–H groups in total. The van der Waals surface area contributed by atoms with Crippen LogP contribution in [-0.2, 0) is 38.8 Å². The van der Waals surface area contributed by atoms with Gasteiger partial charge in [0.15, 0.2) is 0 Å². The first kappa shape index (κ1) is 27.6. The minimum absolute atomic E-state index is 0.304. The summed E-state index contributed by atoms with van der Waals surface area (Å²) in [6.07, 6.45) is -2.51. The monoisotopic (exact) mass is 542 g/mol. The SMILES string of the molecule is O[C@H]1[C@@H](OCc2ccccc2)[C@H](OCc2ccccc2)[C@@H](COCc2ccccc2)O[C@H]1Sc1ccccc1. The molecule has 5 atom stereocenters. The third-order valence-electron chi connectivity index (χ3n) is 6.57. The molecule has 0 amide bonds. The topological polar surface area (TPSA) is 57.2 Å². The number of rotatable bonds is 12. The van der Waals surface area contributed by atoms with E-state index in [9.17, 15) is 5.11 Å². The number of hydrogen-bond acceptors (Lipinski definition) is 6. The Morgan fingerprint density at radius 1 is 0.590 bits per heavy atom. The van der Waals surface area contributed by atoms with Gasteiger partial charge in [-0.1, -0.05) is 121 Å². The molecular formula is C33H34O5S. The van der Waals surface area contributed by atoms with Gasteiger partial charge in [-0.05, 0) is 28.8 Å². The fourth-order valence-corrected chi connectivity index (χ4v) is 5.63. The van der Waals surface area contributed by atoms with Gasteiger partial charge in [0, 0.05) is 4.90 Å². The lowest BCUT2D eigenvalue weighted by molar-refractivity contribution is -0.243. The van der Waals surface area contributed by atoms with E-state index in [2.05, 4.69) is 0 Å². The van der Waals surface area contributed by atoms with E-state index in [1.807, 2.05) is 121 Å². The van der Waals surface area contributed by atoms with Gasteiger partial charge in [-0.25, -0.2) is 0 Å². The molecule has 1 aliphatic rings. The summed E-state index contributed by atoms with van der Waals surface area (Å²) in [4.78, 5) is 1.01. The van der Waals surface area contributed by atoms with Gasteiger partial charge < -0.3 is 24.1 Å². The Morgan fingerprint density at radius 2 is 1.05 bits per heavy atom. The van der Waals surface area contributed by atoms with Crippen molar-refractivity contribution in [3.63, 3.8) is 0 Å². The van der Waals surface area contributed by atoms with Crippen molar-refractivity contribution >= 4 is 11.8 Å². The normalized spacial score (nSPS) is 22.9. The lowest BCUT2D eigenvalue weighted by Crippen LogP contribution is -2.59. The number of aliphatic hydroxyl groups is 1. The van der Waals surface area contributed by atoms with Crippen LogP contribution in [0.1, 0.15) is 16.7 Å². The summed E-state index contributed by atoms with van der Waals surface area (Å²) < 4.78 is 25.5. The van der Waals surface area contributed by atoms with E-state index in [1.54, 1.807) is 0 Å². The van der Waals surface area contributed by atoms with E-state index in [0.29, 0.717) is 26.4 Å². The van der Waals surface area contributed by atoms with Crippen molar-refractivity contribution in [1.82, 2.24) is 0 Å². The van der Waals surface area contributed by atoms with Gasteiger partial charge in [0.1, 0.15) is 29.9 Å². The predicted molar refractivity (Wildman–Crippen MR) is 153 cm³/mol. The van der Waals surface area contributed by atoms with Crippen LogP contribution in [0.4, 0.5) is 0 Å². The number of benzene rings is 4. The molecule has 0 spiro atoms. The Bertz CT molecular complexity index is 1230. The highest BCUT2D eigenvalue weighted by molar-refractivity contribution is 7.99. The lowest BCUT2D eigenvalue weighted by Gasteiger charge is -2.44. The predicted octanol–water partition coefficient (Wildman–Crippen LogP) is 6.25. The van der Waals surface area contributed by atoms with Crippen LogP contribution in [0.15, 0.2) is 126 Å². The summed E-state index contributed by atoms with van der Waals surface area (Å²) >= 11 is 1.48. The van der Waals surface area contributed by atoms with Crippen molar-refractivity contribution in [2.24, 2.45) is 0 Å². The van der Waals surface area contributed by atoms with Gasteiger partial charge in [0.2, 0.25) is 0 Å². The molecule has 6 heteroatoms. The number of aliphatic hydroxyl groups excluding tert-OH is 1. The van der Waals surface area contributed by atoms with Crippen LogP contribution >= 0.6 is 11.8 Å². The van der Waals surface area contributed by atoms with Gasteiger partial charge in [-0.3, -0.25) is 0 Å². The smallest absolute Gasteiger partial charge is 0.136 e. The fraction of sp³-hybridized carbons (Fsp3) is 0.273. The van der Waals surface area contributed by atoms with Crippen LogP contribution in [0.25, 0.3) is 0 Å². The Balaban J connectivity index is 1.37. The van der Waals surface area contributed by atoms with Crippen molar-refractivity contribution in [3.05, 3.63) is 138 Å². The number of hydrogen-bond donors (Lipinski definition) is 1.